The molecule has 250 valence electrons. The molecule has 3 heterocycles. The molecule has 5 rings (SSSR count). The van der Waals surface area contributed by atoms with E-state index in [1.54, 1.807) is 30.3 Å². The van der Waals surface area contributed by atoms with E-state index in [2.05, 4.69) is 27.4 Å². The van der Waals surface area contributed by atoms with Gasteiger partial charge in [-0.1, -0.05) is 37.8 Å². The van der Waals surface area contributed by atoms with Crippen LogP contribution in [-0.4, -0.2) is 81.5 Å². The van der Waals surface area contributed by atoms with Gasteiger partial charge in [0.15, 0.2) is 0 Å². The third-order valence-electron chi connectivity index (χ3n) is 8.95. The zero-order valence-corrected chi connectivity index (χ0v) is 27.7. The number of thiophene rings is 1. The van der Waals surface area contributed by atoms with Crippen LogP contribution in [0.4, 0.5) is 28.9 Å². The summed E-state index contributed by atoms with van der Waals surface area (Å²) in [5, 5.41) is 7.22. The van der Waals surface area contributed by atoms with Gasteiger partial charge in [0.2, 0.25) is 0 Å². The van der Waals surface area contributed by atoms with Crippen molar-refractivity contribution in [2.45, 2.75) is 64.0 Å². The van der Waals surface area contributed by atoms with Crippen molar-refractivity contribution in [1.82, 2.24) is 4.90 Å². The zero-order chi connectivity index (χ0) is 35.4. The first kappa shape index (κ1) is 30.6. The van der Waals surface area contributed by atoms with Crippen LogP contribution in [0.1, 0.15) is 47.7 Å². The van der Waals surface area contributed by atoms with Gasteiger partial charge in [-0.15, -0.1) is 11.3 Å². The number of ether oxygens (including phenoxy) is 2. The van der Waals surface area contributed by atoms with Crippen LogP contribution < -0.4 is 20.7 Å². The monoisotopic (exact) mass is 682 g/mol. The normalized spacial score (nSPS) is 21.1. The molecule has 0 amide bonds. The average molecular weight is 683 g/mol. The molecule has 6 nitrogen and oxygen atoms in total. The van der Waals surface area contributed by atoms with Crippen LogP contribution >= 0.6 is 18.5 Å². The van der Waals surface area contributed by atoms with Gasteiger partial charge in [-0.3, -0.25) is 4.90 Å². The molecule has 2 aliphatic heterocycles. The molecule has 1 aromatic heterocycles. The van der Waals surface area contributed by atoms with E-state index in [1.807, 2.05) is 13.8 Å². The summed E-state index contributed by atoms with van der Waals surface area (Å²) in [6, 6.07) is 9.60. The van der Waals surface area contributed by atoms with Gasteiger partial charge < -0.3 is 24.7 Å². The van der Waals surface area contributed by atoms with Crippen LogP contribution in [0.15, 0.2) is 36.4 Å². The van der Waals surface area contributed by atoms with Crippen molar-refractivity contribution in [3.63, 3.8) is 0 Å². The minimum absolute atomic E-state index is 0.0125. The standard InChI is InChI=1S/C34H42F4N3O3PS/c1-4-45(42,5-2)24-11-12-29(31(20-24)43-3)39-16-7-10-32-26(21-34(36,37)38)25-8-6-9-30(33(25)46-32)40-28-13-17-41(22-27(28)35)23-14-18-44-19-15-23/h6,8-9,11-12,20,23,27-28,39-40H,4-5,13-19,21-22H2,1-3H3/t27-,28+/m1/s1/i3D3. The number of nitrogens with zero attached hydrogens (tertiary/aromatic N) is 1. The fourth-order valence-electron chi connectivity index (χ4n) is 6.28. The van der Waals surface area contributed by atoms with E-state index in [9.17, 15) is 17.7 Å². The van der Waals surface area contributed by atoms with E-state index in [4.69, 9.17) is 13.6 Å². The highest BCUT2D eigenvalue weighted by molar-refractivity contribution is 7.71. The van der Waals surface area contributed by atoms with Gasteiger partial charge in [0.1, 0.15) is 19.1 Å². The molecule has 2 aliphatic rings. The zero-order valence-electron chi connectivity index (χ0n) is 29.0. The SMILES string of the molecule is [2H]C([2H])([2H])Oc1cc(P(=O)(CC)CC)ccc1NCC#Cc1sc2c(N[C@H]3CCN(C4CCOCC4)C[C@H]3F)cccc2c1CC(F)(F)F. The number of anilines is 2. The highest BCUT2D eigenvalue weighted by Gasteiger charge is 2.34. The fourth-order valence-corrected chi connectivity index (χ4v) is 9.33. The third kappa shape index (κ3) is 8.02. The maximum atomic E-state index is 15.5. The second-order valence-electron chi connectivity index (χ2n) is 11.7. The lowest BCUT2D eigenvalue weighted by atomic mass is 9.98. The lowest BCUT2D eigenvalue weighted by molar-refractivity contribution is -0.126. The summed E-state index contributed by atoms with van der Waals surface area (Å²) < 4.78 is 104. The van der Waals surface area contributed by atoms with Crippen molar-refractivity contribution in [2.75, 3.05) is 62.8 Å². The van der Waals surface area contributed by atoms with Gasteiger partial charge in [0.05, 0.1) is 51.1 Å². The van der Waals surface area contributed by atoms with Crippen LogP contribution in [0.5, 0.6) is 5.75 Å². The molecule has 2 atom stereocenters. The van der Waals surface area contributed by atoms with Crippen LogP contribution in [0.3, 0.4) is 0 Å². The smallest absolute Gasteiger partial charge is 0.393 e. The summed E-state index contributed by atoms with van der Waals surface area (Å²) >= 11 is 1.13. The van der Waals surface area contributed by atoms with Crippen molar-refractivity contribution in [1.29, 1.82) is 0 Å². The summed E-state index contributed by atoms with van der Waals surface area (Å²) in [5.41, 5.74) is 0.933. The molecule has 0 radical (unpaired) electrons. The fraction of sp³-hybridized carbons (Fsp3) is 0.529. The molecule has 2 fully saturated rings. The quantitative estimate of drug-likeness (QED) is 0.131. The number of piperidine rings is 1. The van der Waals surface area contributed by atoms with Gasteiger partial charge >= 0.3 is 6.18 Å². The number of hydrogen-bond acceptors (Lipinski definition) is 7. The van der Waals surface area contributed by atoms with E-state index in [0.29, 0.717) is 71.3 Å². The van der Waals surface area contributed by atoms with E-state index < -0.39 is 39.0 Å². The van der Waals surface area contributed by atoms with E-state index in [-0.39, 0.29) is 22.7 Å². The molecular weight excluding hydrogens is 637 g/mol. The molecule has 0 aliphatic carbocycles. The second-order valence-corrected chi connectivity index (χ2v) is 16.3. The third-order valence-corrected chi connectivity index (χ3v) is 13.4. The Morgan fingerprint density at radius 1 is 1.15 bits per heavy atom. The Labute approximate surface area is 276 Å². The number of fused-ring (bicyclic) bond motifs is 1. The summed E-state index contributed by atoms with van der Waals surface area (Å²) in [5.74, 6) is 5.75. The summed E-state index contributed by atoms with van der Waals surface area (Å²) in [4.78, 5) is 2.43. The number of methoxy groups -OCH3 is 1. The summed E-state index contributed by atoms with van der Waals surface area (Å²) in [6.45, 7) is 5.97. The first-order chi connectivity index (χ1) is 23.2. The topological polar surface area (TPSA) is 62.8 Å². The maximum Gasteiger partial charge on any atom is 0.393 e. The summed E-state index contributed by atoms with van der Waals surface area (Å²) in [6.07, 6.45) is -3.65. The molecule has 46 heavy (non-hydrogen) atoms. The van der Waals surface area contributed by atoms with E-state index in [1.165, 1.54) is 6.07 Å². The number of alkyl halides is 4. The van der Waals surface area contributed by atoms with E-state index >= 15 is 4.39 Å². The maximum absolute atomic E-state index is 15.5. The number of benzene rings is 2. The van der Waals surface area contributed by atoms with Gasteiger partial charge in [-0.25, -0.2) is 4.39 Å². The minimum Gasteiger partial charge on any atom is -0.495 e. The van der Waals surface area contributed by atoms with Gasteiger partial charge in [0, 0.05) is 50.0 Å². The van der Waals surface area contributed by atoms with Crippen molar-refractivity contribution in [2.24, 2.45) is 0 Å². The lowest BCUT2D eigenvalue weighted by Crippen LogP contribution is -2.52. The van der Waals surface area contributed by atoms with Crippen LogP contribution in [0.2, 0.25) is 0 Å². The van der Waals surface area contributed by atoms with Gasteiger partial charge in [0.25, 0.3) is 0 Å². The Bertz CT molecular complexity index is 1710. The highest BCUT2D eigenvalue weighted by atomic mass is 32.1. The van der Waals surface area contributed by atoms with Gasteiger partial charge in [-0.05, 0) is 54.5 Å². The number of halogens is 4. The highest BCUT2D eigenvalue weighted by Crippen LogP contribution is 2.45. The number of nitrogens with one attached hydrogen (secondary N) is 2. The molecule has 12 heteroatoms. The molecule has 0 bridgehead atoms. The predicted molar refractivity (Wildman–Crippen MR) is 181 cm³/mol. The lowest BCUT2D eigenvalue weighted by Gasteiger charge is -2.41. The molecule has 2 N–H and O–H groups in total. The Hall–Kier alpha value is -2.77. The van der Waals surface area contributed by atoms with E-state index in [0.717, 1.165) is 30.7 Å². The molecular formula is C34H42F4N3O3PS. The van der Waals surface area contributed by atoms with Crippen LogP contribution in [-0.2, 0) is 15.7 Å². The van der Waals surface area contributed by atoms with Crippen LogP contribution in [0.25, 0.3) is 10.1 Å². The average Bonchev–Trinajstić information content (AvgIpc) is 3.40. The van der Waals surface area contributed by atoms with Crippen molar-refractivity contribution < 1.29 is 35.7 Å². The first-order valence-corrected chi connectivity index (χ1v) is 18.6. The predicted octanol–water partition coefficient (Wildman–Crippen LogP) is 7.51. The molecule has 3 aromatic rings. The van der Waals surface area contributed by atoms with Crippen molar-refractivity contribution in [3.8, 4) is 17.6 Å². The second kappa shape index (κ2) is 15.0. The Morgan fingerprint density at radius 2 is 1.93 bits per heavy atom. The number of likely N-dealkylation sites (tertiary alicyclic amines) is 1. The van der Waals surface area contributed by atoms with Gasteiger partial charge in [-0.2, -0.15) is 13.2 Å². The molecule has 0 saturated carbocycles. The largest absolute Gasteiger partial charge is 0.495 e. The Morgan fingerprint density at radius 3 is 2.63 bits per heavy atom. The number of rotatable bonds is 10. The summed E-state index contributed by atoms with van der Waals surface area (Å²) in [7, 11) is -5.49. The Kier molecular flexibility index (Phi) is 9.95. The first-order valence-electron chi connectivity index (χ1n) is 17.2. The molecule has 2 aromatic carbocycles. The minimum atomic E-state index is -4.48. The van der Waals surface area contributed by atoms with Crippen molar-refractivity contribution >= 4 is 45.2 Å². The Balaban J connectivity index is 1.37. The molecule has 2 saturated heterocycles. The number of hydrogen-bond donors (Lipinski definition) is 2. The van der Waals surface area contributed by atoms with Crippen LogP contribution in [0, 0.1) is 11.8 Å². The molecule has 0 unspecified atom stereocenters. The van der Waals surface area contributed by atoms with Crippen molar-refractivity contribution in [3.05, 3.63) is 46.8 Å². The molecule has 0 spiro atoms.